The number of aliphatic hydroxyl groups is 1. The molecule has 6 atom stereocenters. The van der Waals surface area contributed by atoms with Crippen molar-refractivity contribution in [3.63, 3.8) is 0 Å². The highest BCUT2D eigenvalue weighted by molar-refractivity contribution is 7.62. The van der Waals surface area contributed by atoms with E-state index in [0.29, 0.717) is 0 Å². The summed E-state index contributed by atoms with van der Waals surface area (Å²) in [4.78, 5) is 0. The fourth-order valence-corrected chi connectivity index (χ4v) is 7.47. The molecule has 2 bridgehead atoms. The molecule has 13 heteroatoms. The first-order valence-corrected chi connectivity index (χ1v) is 8.70. The normalized spacial score (nSPS) is 50.4. The highest BCUT2D eigenvalue weighted by atomic mass is 31.1. The smallest absolute Gasteiger partial charge is 0.358 e. The number of ether oxygens (including phenoxy) is 2. The van der Waals surface area contributed by atoms with Crippen LogP contribution in [0, 0.1) is 0 Å². The van der Waals surface area contributed by atoms with Gasteiger partial charge < -0.3 is 14.6 Å². The molecule has 0 spiro atoms. The van der Waals surface area contributed by atoms with Crippen LogP contribution in [0.25, 0.3) is 0 Å². The summed E-state index contributed by atoms with van der Waals surface area (Å²) in [6, 6.07) is 0. The Hall–Kier alpha value is -0.320. The van der Waals surface area contributed by atoms with E-state index in [2.05, 4.69) is 9.47 Å². The highest BCUT2D eigenvalue weighted by Gasteiger charge is 2.90. The van der Waals surface area contributed by atoms with E-state index in [1.54, 1.807) is 0 Å². The van der Waals surface area contributed by atoms with Gasteiger partial charge >= 0.3 is 18.5 Å². The second-order valence-corrected chi connectivity index (χ2v) is 9.76. The van der Waals surface area contributed by atoms with E-state index in [-0.39, 0.29) is 0 Å². The zero-order valence-electron chi connectivity index (χ0n) is 12.6. The van der Waals surface area contributed by atoms with Gasteiger partial charge in [0.25, 0.3) is 11.6 Å². The topological polar surface area (TPSA) is 38.7 Å². The monoisotopic (exact) mass is 406 g/mol. The Morgan fingerprint density at radius 2 is 1.44 bits per heavy atom. The van der Waals surface area contributed by atoms with Crippen LogP contribution in [0.15, 0.2) is 0 Å². The summed E-state index contributed by atoms with van der Waals surface area (Å²) >= 11 is 0. The van der Waals surface area contributed by atoms with Crippen LogP contribution in [-0.2, 0) is 9.47 Å². The lowest BCUT2D eigenvalue weighted by Crippen LogP contribution is -2.72. The minimum atomic E-state index is -5.71. The van der Waals surface area contributed by atoms with Crippen molar-refractivity contribution in [1.29, 1.82) is 0 Å². The average molecular weight is 406 g/mol. The molecule has 1 N–H and O–H groups in total. The molecule has 3 aliphatic heterocycles. The van der Waals surface area contributed by atoms with Crippen molar-refractivity contribution in [1.82, 2.24) is 0 Å². The summed E-state index contributed by atoms with van der Waals surface area (Å²) < 4.78 is 129. The summed E-state index contributed by atoms with van der Waals surface area (Å²) in [7, 11) is -2.43. The fourth-order valence-electron chi connectivity index (χ4n) is 4.17. The molecule has 0 aromatic rings. The number of alkyl halides is 9. The van der Waals surface area contributed by atoms with Crippen LogP contribution in [0.2, 0.25) is 0 Å². The van der Waals surface area contributed by atoms with Gasteiger partial charge in [0.15, 0.2) is 0 Å². The van der Waals surface area contributed by atoms with Crippen LogP contribution in [0.3, 0.4) is 0 Å². The lowest BCUT2D eigenvalue weighted by atomic mass is 9.80. The van der Waals surface area contributed by atoms with Gasteiger partial charge in [0.05, 0.1) is 6.10 Å². The van der Waals surface area contributed by atoms with Gasteiger partial charge in [-0.1, -0.05) is 14.8 Å². The van der Waals surface area contributed by atoms with Crippen LogP contribution >= 0.6 is 7.92 Å². The Bertz CT molecular complexity index is 604. The largest absolute Gasteiger partial charge is 0.443 e. The van der Waals surface area contributed by atoms with Gasteiger partial charge in [0.2, 0.25) is 0 Å². The van der Waals surface area contributed by atoms with Gasteiger partial charge in [-0.15, -0.1) is 0 Å². The van der Waals surface area contributed by atoms with E-state index < -0.39 is 67.3 Å². The minimum Gasteiger partial charge on any atom is -0.358 e. The molecule has 3 rings (SSSR count). The number of rotatable bonds is 0. The first-order valence-electron chi connectivity index (χ1n) is 6.91. The van der Waals surface area contributed by atoms with Gasteiger partial charge in [-0.25, -0.2) is 0 Å². The van der Waals surface area contributed by atoms with Crippen LogP contribution in [0.1, 0.15) is 19.8 Å². The standard InChI is InChI=1S/C12H12F9O3P/c1-6-3-8(22,11(16,17)18)24-9(12(19,20)21)4-7(25(6)2,5(6)23-9)10(13,14)15/h5,22H,3-4H2,1-2H3. The number of halogens is 9. The maximum absolute atomic E-state index is 13.6. The fraction of sp³-hybridized carbons (Fsp3) is 1.00. The van der Waals surface area contributed by atoms with Crippen LogP contribution in [0.4, 0.5) is 39.5 Å². The van der Waals surface area contributed by atoms with E-state index in [0.717, 1.165) is 13.6 Å². The van der Waals surface area contributed by atoms with Crippen molar-refractivity contribution in [2.24, 2.45) is 0 Å². The molecule has 3 aliphatic rings. The van der Waals surface area contributed by atoms with E-state index >= 15 is 0 Å². The SMILES string of the molecule is CP1C2(C)CC(O)(C(F)(F)F)OC3(C(F)(F)F)CC1(C(F)(F)F)C2O3. The van der Waals surface area contributed by atoms with E-state index in [9.17, 15) is 44.6 Å². The maximum atomic E-state index is 13.6. The number of hydrogen-bond acceptors (Lipinski definition) is 3. The van der Waals surface area contributed by atoms with Gasteiger partial charge in [-0.2, -0.15) is 39.5 Å². The predicted molar refractivity (Wildman–Crippen MR) is 65.0 cm³/mol. The quantitative estimate of drug-likeness (QED) is 0.490. The van der Waals surface area contributed by atoms with Crippen molar-refractivity contribution in [3.8, 4) is 0 Å². The second-order valence-electron chi connectivity index (χ2n) is 6.82. The van der Waals surface area contributed by atoms with Gasteiger partial charge in [-0.3, -0.25) is 0 Å². The van der Waals surface area contributed by atoms with Gasteiger partial charge in [0, 0.05) is 18.0 Å². The highest BCUT2D eigenvalue weighted by Crippen LogP contribution is 2.85. The molecule has 0 saturated carbocycles. The predicted octanol–water partition coefficient (Wildman–Crippen LogP) is 3.89. The average Bonchev–Trinajstić information content (AvgIpc) is 2.65. The molecule has 3 nitrogen and oxygen atoms in total. The van der Waals surface area contributed by atoms with E-state index in [1.165, 1.54) is 0 Å². The van der Waals surface area contributed by atoms with Crippen molar-refractivity contribution in [3.05, 3.63) is 0 Å². The summed E-state index contributed by atoms with van der Waals surface area (Å²) in [5, 5.41) is 4.93. The molecular formula is C12H12F9O3P. The molecule has 0 aliphatic carbocycles. The Morgan fingerprint density at radius 3 is 1.84 bits per heavy atom. The Labute approximate surface area is 136 Å². The van der Waals surface area contributed by atoms with Gasteiger partial charge in [0.1, 0.15) is 5.16 Å². The molecule has 0 radical (unpaired) electrons. The maximum Gasteiger partial charge on any atom is 0.443 e. The Balaban J connectivity index is 2.22. The second kappa shape index (κ2) is 4.56. The van der Waals surface area contributed by atoms with Gasteiger partial charge in [-0.05, 0) is 6.66 Å². The van der Waals surface area contributed by atoms with Crippen LogP contribution < -0.4 is 0 Å². The van der Waals surface area contributed by atoms with E-state index in [1.807, 2.05) is 0 Å². The van der Waals surface area contributed by atoms with Crippen molar-refractivity contribution in [2.45, 2.75) is 66.3 Å². The number of hydrogen-bond donors (Lipinski definition) is 1. The molecule has 6 unspecified atom stereocenters. The third-order valence-corrected chi connectivity index (χ3v) is 9.24. The third-order valence-electron chi connectivity index (χ3n) is 5.47. The Kier molecular flexibility index (Phi) is 3.55. The molecular weight excluding hydrogens is 394 g/mol. The van der Waals surface area contributed by atoms with Crippen LogP contribution in [0.5, 0.6) is 0 Å². The molecule has 25 heavy (non-hydrogen) atoms. The summed E-state index contributed by atoms with van der Waals surface area (Å²) in [6.45, 7) is 1.95. The van der Waals surface area contributed by atoms with Crippen molar-refractivity contribution >= 4 is 7.92 Å². The third kappa shape index (κ3) is 2.05. The zero-order valence-corrected chi connectivity index (χ0v) is 13.5. The molecule has 3 saturated heterocycles. The zero-order chi connectivity index (χ0) is 19.5. The molecule has 0 amide bonds. The molecule has 146 valence electrons. The summed E-state index contributed by atoms with van der Waals surface area (Å²) in [5.41, 5.74) is 0. The minimum absolute atomic E-state index is 0.963. The first kappa shape index (κ1) is 19.4. The lowest BCUT2D eigenvalue weighted by Gasteiger charge is -2.64. The Morgan fingerprint density at radius 1 is 0.920 bits per heavy atom. The van der Waals surface area contributed by atoms with Crippen molar-refractivity contribution < 1.29 is 54.1 Å². The molecule has 0 aromatic carbocycles. The lowest BCUT2D eigenvalue weighted by molar-refractivity contribution is -0.465. The first-order chi connectivity index (χ1) is 10.9. The van der Waals surface area contributed by atoms with Crippen molar-refractivity contribution in [2.75, 3.05) is 6.66 Å². The molecule has 3 fully saturated rings. The molecule has 0 aromatic heterocycles. The summed E-state index contributed by atoms with van der Waals surface area (Å²) in [5.74, 6) is -8.44. The summed E-state index contributed by atoms with van der Waals surface area (Å²) in [6.07, 6.45) is -22.0. The number of fused-ring (bicyclic) bond motifs is 1. The van der Waals surface area contributed by atoms with Crippen LogP contribution in [-0.4, -0.2) is 58.3 Å². The molecule has 3 heterocycles. The van der Waals surface area contributed by atoms with E-state index in [4.69, 9.17) is 0 Å².